The first-order chi connectivity index (χ1) is 9.85. The summed E-state index contributed by atoms with van der Waals surface area (Å²) in [6.45, 7) is 1.84. The van der Waals surface area contributed by atoms with Crippen LogP contribution in [0, 0.1) is 23.7 Å². The van der Waals surface area contributed by atoms with Gasteiger partial charge in [-0.1, -0.05) is 42.3 Å². The molecule has 3 nitrogen and oxygen atoms in total. The number of hydrogen-bond acceptors (Lipinski definition) is 3. The molecule has 2 aromatic rings. The molecule has 20 heavy (non-hydrogen) atoms. The lowest BCUT2D eigenvalue weighted by Gasteiger charge is -2.05. The molecular formula is C17H13N3. The molecule has 2 aromatic carbocycles. The Balaban J connectivity index is 2.51. The normalized spacial score (nSPS) is 15.0. The molecule has 0 amide bonds. The Kier molecular flexibility index (Phi) is 3.03. The number of terminal acetylenes is 1. The maximum atomic E-state index is 9.16. The predicted molar refractivity (Wildman–Crippen MR) is 80.5 cm³/mol. The highest BCUT2D eigenvalue weighted by atomic mass is 15.2. The van der Waals surface area contributed by atoms with Gasteiger partial charge in [0.15, 0.2) is 0 Å². The van der Waals surface area contributed by atoms with Crippen molar-refractivity contribution in [3.05, 3.63) is 46.8 Å². The molecule has 1 fully saturated rings. The molecule has 0 spiro atoms. The molecule has 0 unspecified atom stereocenters. The molecule has 3 heteroatoms. The van der Waals surface area contributed by atoms with E-state index in [0.717, 1.165) is 40.1 Å². The first-order valence-corrected chi connectivity index (χ1v) is 6.46. The fourth-order valence-electron chi connectivity index (χ4n) is 2.53. The maximum absolute atomic E-state index is 9.16. The average molecular weight is 259 g/mol. The van der Waals surface area contributed by atoms with Crippen LogP contribution in [0.1, 0.15) is 0 Å². The van der Waals surface area contributed by atoms with Crippen LogP contribution in [0.4, 0.5) is 0 Å². The zero-order valence-corrected chi connectivity index (χ0v) is 10.9. The van der Waals surface area contributed by atoms with E-state index in [1.807, 2.05) is 36.4 Å². The Bertz CT molecular complexity index is 855. The summed E-state index contributed by atoms with van der Waals surface area (Å²) in [7, 11) is 0. The van der Waals surface area contributed by atoms with E-state index in [9.17, 15) is 0 Å². The van der Waals surface area contributed by atoms with Crippen LogP contribution in [0.3, 0.4) is 0 Å². The Labute approximate surface area is 117 Å². The number of rotatable bonds is 0. The van der Waals surface area contributed by atoms with Crippen molar-refractivity contribution in [2.45, 2.75) is 0 Å². The van der Waals surface area contributed by atoms with Gasteiger partial charge in [-0.15, -0.1) is 6.42 Å². The van der Waals surface area contributed by atoms with E-state index >= 15 is 0 Å². The van der Waals surface area contributed by atoms with Crippen LogP contribution < -0.4 is 21.1 Å². The van der Waals surface area contributed by atoms with Gasteiger partial charge in [-0.3, -0.25) is 0 Å². The molecule has 3 rings (SSSR count). The van der Waals surface area contributed by atoms with Gasteiger partial charge >= 0.3 is 0 Å². The summed E-state index contributed by atoms with van der Waals surface area (Å²) < 4.78 is 0. The van der Waals surface area contributed by atoms with Crippen molar-refractivity contribution in [3.8, 4) is 18.4 Å². The largest absolute Gasteiger partial charge is 0.370 e. The van der Waals surface area contributed by atoms with Gasteiger partial charge in [0.05, 0.1) is 0 Å². The topological polar surface area (TPSA) is 47.9 Å². The second-order valence-electron chi connectivity index (χ2n) is 4.57. The van der Waals surface area contributed by atoms with Gasteiger partial charge in [0.25, 0.3) is 0 Å². The minimum absolute atomic E-state index is 0.366. The third kappa shape index (κ3) is 1.86. The second kappa shape index (κ2) is 4.99. The van der Waals surface area contributed by atoms with Crippen molar-refractivity contribution in [2.75, 3.05) is 13.1 Å². The Morgan fingerprint density at radius 1 is 1.05 bits per heavy atom. The summed E-state index contributed by atoms with van der Waals surface area (Å²) >= 11 is 0. The fraction of sp³-hybridized carbons (Fsp3) is 0.118. The summed E-state index contributed by atoms with van der Waals surface area (Å²) in [6.07, 6.45) is 5.43. The third-order valence-electron chi connectivity index (χ3n) is 3.45. The molecular weight excluding hydrogens is 246 g/mol. The summed E-state index contributed by atoms with van der Waals surface area (Å²) in [5.41, 5.74) is 0.366. The molecule has 0 aliphatic carbocycles. The quantitative estimate of drug-likeness (QED) is 0.674. The van der Waals surface area contributed by atoms with Gasteiger partial charge in [-0.25, -0.2) is 0 Å². The van der Waals surface area contributed by atoms with Crippen molar-refractivity contribution in [3.63, 3.8) is 0 Å². The molecule has 2 N–H and O–H groups in total. The van der Waals surface area contributed by atoms with Crippen LogP contribution in [0.15, 0.2) is 36.4 Å². The van der Waals surface area contributed by atoms with Crippen LogP contribution in [0.5, 0.6) is 0 Å². The van der Waals surface area contributed by atoms with Crippen molar-refractivity contribution in [2.24, 2.45) is 0 Å². The number of benzene rings is 2. The standard InChI is InChI=1S/C17H13N3/c1-2-12(11-18)13-7-8-16(17-19-9-10-20-17)15-6-4-3-5-14(13)15/h1,3-8,19-20H,9-10H2/b13-12+. The molecule has 96 valence electrons. The molecule has 0 saturated carbocycles. The third-order valence-corrected chi connectivity index (χ3v) is 3.45. The van der Waals surface area contributed by atoms with Crippen LogP contribution in [-0.4, -0.2) is 13.1 Å². The van der Waals surface area contributed by atoms with E-state index in [2.05, 4.69) is 22.6 Å². The van der Waals surface area contributed by atoms with Crippen LogP contribution >= 0.6 is 0 Å². The lowest BCUT2D eigenvalue weighted by molar-refractivity contribution is 0.942. The van der Waals surface area contributed by atoms with Gasteiger partial charge < -0.3 is 10.6 Å². The van der Waals surface area contributed by atoms with Gasteiger partial charge in [0.1, 0.15) is 17.5 Å². The molecule has 1 aliphatic heterocycles. The lowest BCUT2D eigenvalue weighted by atomic mass is 10.0. The minimum Gasteiger partial charge on any atom is -0.370 e. The summed E-state index contributed by atoms with van der Waals surface area (Å²) in [6, 6.07) is 14.0. The van der Waals surface area contributed by atoms with Crippen molar-refractivity contribution >= 4 is 22.2 Å². The molecule has 1 saturated heterocycles. The SMILES string of the molecule is C#C/C(C#N)=c1/ccc(=C2NCCN2)c2ccccc12. The van der Waals surface area contributed by atoms with Crippen LogP contribution in [0.25, 0.3) is 22.2 Å². The van der Waals surface area contributed by atoms with Gasteiger partial charge in [-0.2, -0.15) is 5.26 Å². The van der Waals surface area contributed by atoms with Gasteiger partial charge in [0, 0.05) is 23.5 Å². The molecule has 0 bridgehead atoms. The smallest absolute Gasteiger partial charge is 0.109 e. The van der Waals surface area contributed by atoms with E-state index in [0.29, 0.717) is 5.57 Å². The second-order valence-corrected chi connectivity index (χ2v) is 4.57. The summed E-state index contributed by atoms with van der Waals surface area (Å²) in [5, 5.41) is 19.8. The van der Waals surface area contributed by atoms with E-state index in [1.165, 1.54) is 0 Å². The zero-order valence-electron chi connectivity index (χ0n) is 10.9. The first-order valence-electron chi connectivity index (χ1n) is 6.46. The van der Waals surface area contributed by atoms with Crippen molar-refractivity contribution in [1.82, 2.24) is 10.6 Å². The Hall–Kier alpha value is -2.91. The summed E-state index contributed by atoms with van der Waals surface area (Å²) in [4.78, 5) is 0. The molecule has 1 aliphatic rings. The number of nitriles is 1. The average Bonchev–Trinajstić information content (AvgIpc) is 3.02. The van der Waals surface area contributed by atoms with E-state index in [-0.39, 0.29) is 0 Å². The van der Waals surface area contributed by atoms with E-state index in [1.54, 1.807) is 0 Å². The van der Waals surface area contributed by atoms with Crippen LogP contribution in [-0.2, 0) is 0 Å². The van der Waals surface area contributed by atoms with Gasteiger partial charge in [0.2, 0.25) is 0 Å². The number of nitrogens with zero attached hydrogens (tertiary/aromatic N) is 1. The number of fused-ring (bicyclic) bond motifs is 1. The minimum atomic E-state index is 0.366. The molecule has 0 aromatic heterocycles. The van der Waals surface area contributed by atoms with E-state index < -0.39 is 0 Å². The number of nitrogens with one attached hydrogen (secondary N) is 2. The maximum Gasteiger partial charge on any atom is 0.109 e. The molecule has 1 heterocycles. The lowest BCUT2D eigenvalue weighted by Crippen LogP contribution is -2.23. The highest BCUT2D eigenvalue weighted by Gasteiger charge is 2.07. The Morgan fingerprint density at radius 3 is 2.40 bits per heavy atom. The zero-order chi connectivity index (χ0) is 13.9. The van der Waals surface area contributed by atoms with Crippen molar-refractivity contribution < 1.29 is 0 Å². The highest BCUT2D eigenvalue weighted by molar-refractivity contribution is 5.90. The fourth-order valence-corrected chi connectivity index (χ4v) is 2.53. The molecule has 0 atom stereocenters. The van der Waals surface area contributed by atoms with Crippen LogP contribution in [0.2, 0.25) is 0 Å². The number of hydrogen-bond donors (Lipinski definition) is 2. The first kappa shape index (κ1) is 12.1. The summed E-state index contributed by atoms with van der Waals surface area (Å²) in [5.74, 6) is 3.50. The highest BCUT2D eigenvalue weighted by Crippen LogP contribution is 2.07. The molecule has 0 radical (unpaired) electrons. The predicted octanol–water partition coefficient (Wildman–Crippen LogP) is 0.406. The van der Waals surface area contributed by atoms with Crippen molar-refractivity contribution in [1.29, 1.82) is 5.26 Å². The van der Waals surface area contributed by atoms with E-state index in [4.69, 9.17) is 11.7 Å². The van der Waals surface area contributed by atoms with Gasteiger partial charge in [-0.05, 0) is 10.8 Å². The Morgan fingerprint density at radius 2 is 1.75 bits per heavy atom. The monoisotopic (exact) mass is 259 g/mol.